The number of rotatable bonds is 0. The molecular weight excluding hydrogens is 198 g/mol. The normalized spacial score (nSPS) is 32.8. The van der Waals surface area contributed by atoms with E-state index < -0.39 is 0 Å². The standard InChI is InChI=1S/C13H21N3/c1-8-5-4-6-11-12(8)15-13-14-9(2)7-10(3)16(11)13/h8-10H,4-7H2,1-3H3,(H,14,15). The Kier molecular flexibility index (Phi) is 2.23. The van der Waals surface area contributed by atoms with Crippen LogP contribution in [0.5, 0.6) is 0 Å². The summed E-state index contributed by atoms with van der Waals surface area (Å²) in [5.41, 5.74) is 2.86. The lowest BCUT2D eigenvalue weighted by atomic mass is 9.91. The summed E-state index contributed by atoms with van der Waals surface area (Å²) < 4.78 is 2.45. The van der Waals surface area contributed by atoms with Gasteiger partial charge in [0.05, 0.1) is 5.69 Å². The van der Waals surface area contributed by atoms with Crippen molar-refractivity contribution in [3.05, 3.63) is 11.4 Å². The van der Waals surface area contributed by atoms with Crippen LogP contribution >= 0.6 is 0 Å². The van der Waals surface area contributed by atoms with Crippen molar-refractivity contribution in [2.75, 3.05) is 5.32 Å². The summed E-state index contributed by atoms with van der Waals surface area (Å²) in [7, 11) is 0. The molecule has 1 aliphatic carbocycles. The highest BCUT2D eigenvalue weighted by Gasteiger charge is 2.30. The smallest absolute Gasteiger partial charge is 0.203 e. The van der Waals surface area contributed by atoms with Gasteiger partial charge >= 0.3 is 0 Å². The summed E-state index contributed by atoms with van der Waals surface area (Å²) in [4.78, 5) is 4.82. The molecule has 3 nitrogen and oxygen atoms in total. The van der Waals surface area contributed by atoms with Crippen molar-refractivity contribution in [1.82, 2.24) is 9.55 Å². The molecule has 3 rings (SSSR count). The molecule has 0 spiro atoms. The van der Waals surface area contributed by atoms with Crippen molar-refractivity contribution < 1.29 is 0 Å². The molecule has 3 atom stereocenters. The summed E-state index contributed by atoms with van der Waals surface area (Å²) in [5, 5.41) is 3.52. The van der Waals surface area contributed by atoms with Crippen LogP contribution in [-0.2, 0) is 6.42 Å². The average molecular weight is 219 g/mol. The van der Waals surface area contributed by atoms with E-state index in [0.29, 0.717) is 18.0 Å². The predicted octanol–water partition coefficient (Wildman–Crippen LogP) is 3.09. The van der Waals surface area contributed by atoms with Crippen LogP contribution in [-0.4, -0.2) is 15.6 Å². The van der Waals surface area contributed by atoms with Gasteiger partial charge in [0.1, 0.15) is 0 Å². The van der Waals surface area contributed by atoms with Crippen molar-refractivity contribution >= 4 is 5.95 Å². The molecule has 88 valence electrons. The number of aromatic nitrogens is 2. The molecule has 16 heavy (non-hydrogen) atoms. The summed E-state index contributed by atoms with van der Waals surface area (Å²) in [6, 6.07) is 1.16. The molecule has 1 aromatic rings. The van der Waals surface area contributed by atoms with Crippen molar-refractivity contribution in [3.63, 3.8) is 0 Å². The number of nitrogens with zero attached hydrogens (tertiary/aromatic N) is 2. The van der Waals surface area contributed by atoms with Gasteiger partial charge < -0.3 is 9.88 Å². The fourth-order valence-electron chi connectivity index (χ4n) is 3.31. The van der Waals surface area contributed by atoms with Gasteiger partial charge in [-0.1, -0.05) is 6.92 Å². The predicted molar refractivity (Wildman–Crippen MR) is 66.0 cm³/mol. The maximum atomic E-state index is 4.82. The summed E-state index contributed by atoms with van der Waals surface area (Å²) in [5.74, 6) is 1.76. The Balaban J connectivity index is 2.10. The van der Waals surface area contributed by atoms with E-state index >= 15 is 0 Å². The van der Waals surface area contributed by atoms with Crippen LogP contribution in [0.15, 0.2) is 0 Å². The Hall–Kier alpha value is -0.990. The van der Waals surface area contributed by atoms with E-state index in [1.54, 1.807) is 0 Å². The number of hydrogen-bond acceptors (Lipinski definition) is 2. The molecule has 3 unspecified atom stereocenters. The summed E-state index contributed by atoms with van der Waals surface area (Å²) in [6.45, 7) is 6.88. The Labute approximate surface area is 97.3 Å². The molecule has 0 amide bonds. The first-order chi connectivity index (χ1) is 7.66. The van der Waals surface area contributed by atoms with E-state index in [1.807, 2.05) is 0 Å². The second-order valence-corrected chi connectivity index (χ2v) is 5.56. The number of nitrogens with one attached hydrogen (secondary N) is 1. The number of fused-ring (bicyclic) bond motifs is 3. The quantitative estimate of drug-likeness (QED) is 0.726. The van der Waals surface area contributed by atoms with E-state index in [-0.39, 0.29) is 0 Å². The minimum atomic E-state index is 0.557. The van der Waals surface area contributed by atoms with Crippen LogP contribution in [0.1, 0.15) is 63.4 Å². The van der Waals surface area contributed by atoms with Crippen LogP contribution in [0.4, 0.5) is 5.95 Å². The van der Waals surface area contributed by atoms with E-state index in [9.17, 15) is 0 Å². The summed E-state index contributed by atoms with van der Waals surface area (Å²) in [6.07, 6.45) is 5.05. The third kappa shape index (κ3) is 1.37. The molecule has 1 N–H and O–H groups in total. The first kappa shape index (κ1) is 10.2. The Morgan fingerprint density at radius 2 is 2.12 bits per heavy atom. The van der Waals surface area contributed by atoms with Gasteiger partial charge in [-0.25, -0.2) is 4.98 Å². The van der Waals surface area contributed by atoms with Gasteiger partial charge in [0.25, 0.3) is 0 Å². The van der Waals surface area contributed by atoms with Crippen LogP contribution in [0.2, 0.25) is 0 Å². The molecular formula is C13H21N3. The zero-order valence-corrected chi connectivity index (χ0v) is 10.5. The second-order valence-electron chi connectivity index (χ2n) is 5.56. The molecule has 1 aliphatic heterocycles. The molecule has 0 saturated heterocycles. The van der Waals surface area contributed by atoms with Gasteiger partial charge in [-0.3, -0.25) is 0 Å². The van der Waals surface area contributed by atoms with E-state index in [4.69, 9.17) is 4.98 Å². The fourth-order valence-corrected chi connectivity index (χ4v) is 3.31. The van der Waals surface area contributed by atoms with Crippen LogP contribution in [0.3, 0.4) is 0 Å². The van der Waals surface area contributed by atoms with Gasteiger partial charge in [-0.05, 0) is 39.5 Å². The Bertz CT molecular complexity index is 408. The first-order valence-corrected chi connectivity index (χ1v) is 6.54. The minimum Gasteiger partial charge on any atom is -0.353 e. The highest BCUT2D eigenvalue weighted by atomic mass is 15.3. The highest BCUT2D eigenvalue weighted by molar-refractivity contribution is 5.40. The molecule has 0 radical (unpaired) electrons. The van der Waals surface area contributed by atoms with Crippen molar-refractivity contribution in [2.45, 2.75) is 64.5 Å². The maximum Gasteiger partial charge on any atom is 0.203 e. The van der Waals surface area contributed by atoms with Gasteiger partial charge in [0, 0.05) is 23.7 Å². The highest BCUT2D eigenvalue weighted by Crippen LogP contribution is 2.37. The molecule has 3 heteroatoms. The minimum absolute atomic E-state index is 0.557. The molecule has 0 aromatic carbocycles. The third-order valence-corrected chi connectivity index (χ3v) is 4.07. The van der Waals surface area contributed by atoms with Gasteiger partial charge in [0.15, 0.2) is 0 Å². The van der Waals surface area contributed by atoms with E-state index in [1.165, 1.54) is 37.1 Å². The lowest BCUT2D eigenvalue weighted by Crippen LogP contribution is -2.29. The van der Waals surface area contributed by atoms with E-state index in [0.717, 1.165) is 5.95 Å². The first-order valence-electron chi connectivity index (χ1n) is 6.54. The third-order valence-electron chi connectivity index (χ3n) is 4.07. The van der Waals surface area contributed by atoms with Gasteiger partial charge in [0.2, 0.25) is 5.95 Å². The van der Waals surface area contributed by atoms with Crippen LogP contribution < -0.4 is 5.32 Å². The second kappa shape index (κ2) is 3.51. The van der Waals surface area contributed by atoms with Crippen molar-refractivity contribution in [1.29, 1.82) is 0 Å². The zero-order chi connectivity index (χ0) is 11.3. The molecule has 0 bridgehead atoms. The number of anilines is 1. The monoisotopic (exact) mass is 219 g/mol. The molecule has 2 aliphatic rings. The van der Waals surface area contributed by atoms with Gasteiger partial charge in [-0.2, -0.15) is 0 Å². The summed E-state index contributed by atoms with van der Waals surface area (Å²) >= 11 is 0. The largest absolute Gasteiger partial charge is 0.353 e. The average Bonchev–Trinajstić information content (AvgIpc) is 2.57. The Morgan fingerprint density at radius 1 is 1.31 bits per heavy atom. The van der Waals surface area contributed by atoms with Crippen LogP contribution in [0.25, 0.3) is 0 Å². The van der Waals surface area contributed by atoms with Crippen molar-refractivity contribution in [3.8, 4) is 0 Å². The number of hydrogen-bond donors (Lipinski definition) is 1. The zero-order valence-electron chi connectivity index (χ0n) is 10.5. The SMILES string of the molecule is CC1CC(C)n2c(nc3c2CCCC3C)N1. The Morgan fingerprint density at radius 3 is 2.94 bits per heavy atom. The van der Waals surface area contributed by atoms with E-state index in [2.05, 4.69) is 30.7 Å². The van der Waals surface area contributed by atoms with Crippen LogP contribution in [0, 0.1) is 0 Å². The molecule has 0 fully saturated rings. The van der Waals surface area contributed by atoms with Gasteiger partial charge in [-0.15, -0.1) is 0 Å². The number of imidazole rings is 1. The molecule has 1 aromatic heterocycles. The topological polar surface area (TPSA) is 29.9 Å². The van der Waals surface area contributed by atoms with Crippen molar-refractivity contribution in [2.24, 2.45) is 0 Å². The maximum absolute atomic E-state index is 4.82. The molecule has 2 heterocycles. The lowest BCUT2D eigenvalue weighted by Gasteiger charge is -2.30. The lowest BCUT2D eigenvalue weighted by molar-refractivity contribution is 0.429. The molecule has 0 saturated carbocycles. The fraction of sp³-hybridized carbons (Fsp3) is 0.769.